The minimum absolute atomic E-state index is 0.861. The van der Waals surface area contributed by atoms with E-state index in [1.54, 1.807) is 0 Å². The molecule has 0 saturated heterocycles. The van der Waals surface area contributed by atoms with E-state index in [2.05, 4.69) is 38.4 Å². The Bertz CT molecular complexity index is 954. The molecule has 2 heterocycles. The van der Waals surface area contributed by atoms with Crippen molar-refractivity contribution in [3.05, 3.63) is 57.6 Å². The van der Waals surface area contributed by atoms with Gasteiger partial charge < -0.3 is 39.8 Å². The molecule has 0 aliphatic carbocycles. The van der Waals surface area contributed by atoms with Crippen LogP contribution in [0.3, 0.4) is 0 Å². The molecule has 2 aliphatic rings. The number of aryl methyl sites for hydroxylation is 2. The summed E-state index contributed by atoms with van der Waals surface area (Å²) in [5, 5.41) is 37.5. The van der Waals surface area contributed by atoms with Gasteiger partial charge in [-0.3, -0.25) is 0 Å². The summed E-state index contributed by atoms with van der Waals surface area (Å²) in [6, 6.07) is 12.6. The molecule has 198 valence electrons. The zero-order valence-electron chi connectivity index (χ0n) is 20.6. The molecule has 0 fully saturated rings. The number of carbonyl (C=O) groups excluding carboxylic acids is 2. The Morgan fingerprint density at radius 3 is 1.44 bits per heavy atom. The third-order valence-electron chi connectivity index (χ3n) is 6.34. The van der Waals surface area contributed by atoms with Crippen LogP contribution in [0.4, 0.5) is 11.4 Å². The maximum atomic E-state index is 9.63. The van der Waals surface area contributed by atoms with Gasteiger partial charge in [0.15, 0.2) is 0 Å². The van der Waals surface area contributed by atoms with Crippen LogP contribution in [0, 0.1) is 0 Å². The average molecular weight is 541 g/mol. The van der Waals surface area contributed by atoms with E-state index in [0.717, 1.165) is 10.0 Å². The Balaban J connectivity index is 0.000000193. The highest BCUT2D eigenvalue weighted by molar-refractivity contribution is 6.31. The number of rotatable bonds is 3. The highest BCUT2D eigenvalue weighted by Crippen LogP contribution is 2.22. The minimum Gasteiger partial charge on any atom is -0.547 e. The quantitative estimate of drug-likeness (QED) is 0.389. The second kappa shape index (κ2) is 14.5. The van der Waals surface area contributed by atoms with Crippen LogP contribution in [-0.2, 0) is 22.4 Å². The molecule has 2 aromatic carbocycles. The smallest absolute Gasteiger partial charge is 0.135 e. The standard InChI is InChI=1S/2C11H14ClN.C4H6O6/c2*1-13-7-3-2-4-9-5-6-10(12)8-11(9)13;5-1(3(7)8)2(6)4(9)10/h2*5-6,8H,2-4,7H2,1H3;1-2,5-6H,(H,7,8)(H,9,10). The number of quaternary nitrogens is 2. The van der Waals surface area contributed by atoms with Crippen LogP contribution in [0.1, 0.15) is 36.8 Å². The lowest BCUT2D eigenvalue weighted by Crippen LogP contribution is -3.03. The van der Waals surface area contributed by atoms with Crippen LogP contribution in [0.15, 0.2) is 36.4 Å². The van der Waals surface area contributed by atoms with Gasteiger partial charge in [-0.15, -0.1) is 0 Å². The molecule has 2 aromatic rings. The van der Waals surface area contributed by atoms with Crippen LogP contribution in [-0.4, -0.2) is 61.5 Å². The van der Waals surface area contributed by atoms with Gasteiger partial charge in [0.25, 0.3) is 0 Å². The molecule has 0 aromatic heterocycles. The number of hydrogen-bond donors (Lipinski definition) is 4. The first-order valence-corrected chi connectivity index (χ1v) is 12.8. The van der Waals surface area contributed by atoms with Crippen LogP contribution in [0.25, 0.3) is 0 Å². The number of nitrogens with one attached hydrogen (secondary N) is 2. The number of aliphatic carboxylic acids is 2. The Labute approximate surface area is 221 Å². The van der Waals surface area contributed by atoms with Gasteiger partial charge in [0, 0.05) is 33.3 Å². The fourth-order valence-corrected chi connectivity index (χ4v) is 4.61. The van der Waals surface area contributed by atoms with E-state index in [9.17, 15) is 19.8 Å². The first kappa shape index (κ1) is 30.0. The van der Waals surface area contributed by atoms with E-state index in [4.69, 9.17) is 33.4 Å². The number of carboxylic acids is 2. The minimum atomic E-state index is -2.44. The molecule has 0 radical (unpaired) electrons. The maximum Gasteiger partial charge on any atom is 0.135 e. The van der Waals surface area contributed by atoms with Crippen LogP contribution >= 0.6 is 23.2 Å². The van der Waals surface area contributed by atoms with Gasteiger partial charge in [0.1, 0.15) is 23.6 Å². The highest BCUT2D eigenvalue weighted by Gasteiger charge is 2.18. The summed E-state index contributed by atoms with van der Waals surface area (Å²) in [5.41, 5.74) is 5.73. The Morgan fingerprint density at radius 1 is 0.750 bits per heavy atom. The number of carboxylic acid groups (broad SMARTS) is 2. The molecule has 0 spiro atoms. The molecule has 4 atom stereocenters. The second-order valence-electron chi connectivity index (χ2n) is 9.11. The van der Waals surface area contributed by atoms with Crippen LogP contribution in [0.5, 0.6) is 0 Å². The summed E-state index contributed by atoms with van der Waals surface area (Å²) in [4.78, 5) is 22.3. The van der Waals surface area contributed by atoms with Gasteiger partial charge >= 0.3 is 0 Å². The number of aliphatic hydroxyl groups excluding tert-OH is 2. The zero-order valence-corrected chi connectivity index (χ0v) is 22.1. The van der Waals surface area contributed by atoms with Crippen molar-refractivity contribution in [2.24, 2.45) is 0 Å². The summed E-state index contributed by atoms with van der Waals surface area (Å²) >= 11 is 12.0. The molecule has 8 nitrogen and oxygen atoms in total. The van der Waals surface area contributed by atoms with Crippen molar-refractivity contribution < 1.29 is 39.8 Å². The molecule has 0 amide bonds. The fourth-order valence-electron chi connectivity index (χ4n) is 4.27. The number of hydrogen-bond acceptors (Lipinski definition) is 6. The summed E-state index contributed by atoms with van der Waals surface area (Å²) in [6.45, 7) is 2.46. The third-order valence-corrected chi connectivity index (χ3v) is 6.81. The molecule has 0 bridgehead atoms. The Morgan fingerprint density at radius 2 is 1.11 bits per heavy atom. The summed E-state index contributed by atoms with van der Waals surface area (Å²) in [6.07, 6.45) is 2.80. The first-order chi connectivity index (χ1) is 17.0. The maximum absolute atomic E-state index is 9.63. The summed E-state index contributed by atoms with van der Waals surface area (Å²) < 4.78 is 0. The Hall–Kier alpha value is -2.20. The highest BCUT2D eigenvalue weighted by atomic mass is 35.5. The van der Waals surface area contributed by atoms with Crippen molar-refractivity contribution >= 4 is 46.5 Å². The number of benzene rings is 2. The van der Waals surface area contributed by atoms with Crippen LogP contribution < -0.4 is 20.0 Å². The van der Waals surface area contributed by atoms with Gasteiger partial charge in [-0.1, -0.05) is 35.3 Å². The second-order valence-corrected chi connectivity index (χ2v) is 9.98. The summed E-state index contributed by atoms with van der Waals surface area (Å²) in [5.74, 6) is -4.12. The predicted octanol–water partition coefficient (Wildman–Crippen LogP) is -1.15. The van der Waals surface area contributed by atoms with Gasteiger partial charge in [-0.05, 0) is 50.7 Å². The topological polar surface area (TPSA) is 130 Å². The number of carbonyl (C=O) groups is 2. The van der Waals surface area contributed by atoms with Gasteiger partial charge in [-0.2, -0.15) is 0 Å². The molecule has 4 N–H and O–H groups in total. The van der Waals surface area contributed by atoms with Crippen molar-refractivity contribution in [2.45, 2.75) is 50.7 Å². The van der Waals surface area contributed by atoms with Crippen molar-refractivity contribution in [3.63, 3.8) is 0 Å². The first-order valence-electron chi connectivity index (χ1n) is 12.0. The van der Waals surface area contributed by atoms with E-state index in [-0.39, 0.29) is 0 Å². The molecular weight excluding hydrogens is 507 g/mol. The Kier molecular flexibility index (Phi) is 12.1. The van der Waals surface area contributed by atoms with Crippen LogP contribution in [0.2, 0.25) is 10.0 Å². The number of fused-ring (bicyclic) bond motifs is 2. The van der Waals surface area contributed by atoms with Crippen molar-refractivity contribution in [1.82, 2.24) is 0 Å². The van der Waals surface area contributed by atoms with E-state index in [0.29, 0.717) is 0 Å². The monoisotopic (exact) mass is 540 g/mol. The summed E-state index contributed by atoms with van der Waals surface area (Å²) in [7, 11) is 4.45. The molecular formula is C26H34Cl2N2O6. The van der Waals surface area contributed by atoms with Gasteiger partial charge in [0.05, 0.1) is 39.1 Å². The molecule has 0 saturated carbocycles. The lowest BCUT2D eigenvalue weighted by molar-refractivity contribution is -0.810. The van der Waals surface area contributed by atoms with Crippen molar-refractivity contribution in [3.8, 4) is 0 Å². The van der Waals surface area contributed by atoms with E-state index in [1.807, 2.05) is 12.1 Å². The van der Waals surface area contributed by atoms with Crippen molar-refractivity contribution in [2.75, 3.05) is 27.2 Å². The number of halogens is 2. The molecule has 2 aliphatic heterocycles. The zero-order chi connectivity index (χ0) is 26.8. The molecule has 4 rings (SSSR count). The number of aliphatic hydroxyl groups is 2. The normalized spacial score (nSPS) is 20.4. The average Bonchev–Trinajstić information content (AvgIpc) is 3.14. The van der Waals surface area contributed by atoms with E-state index in [1.165, 1.54) is 83.9 Å². The molecule has 4 unspecified atom stereocenters. The van der Waals surface area contributed by atoms with Crippen molar-refractivity contribution in [1.29, 1.82) is 0 Å². The lowest BCUT2D eigenvalue weighted by atomic mass is 10.1. The molecule has 10 heteroatoms. The van der Waals surface area contributed by atoms with E-state index < -0.39 is 24.1 Å². The van der Waals surface area contributed by atoms with Gasteiger partial charge in [0.2, 0.25) is 0 Å². The largest absolute Gasteiger partial charge is 0.547 e. The SMILES string of the molecule is C[NH+]1CCCCc2ccc(Cl)cc21.C[NH+]1CCCCc2ccc(Cl)cc21.O=C([O-])C(O)C(O)C(=O)[O-]. The fraction of sp³-hybridized carbons (Fsp3) is 0.462. The third kappa shape index (κ3) is 9.03. The van der Waals surface area contributed by atoms with Gasteiger partial charge in [-0.25, -0.2) is 0 Å². The lowest BCUT2D eigenvalue weighted by Gasteiger charge is -2.18. The van der Waals surface area contributed by atoms with E-state index >= 15 is 0 Å². The molecule has 36 heavy (non-hydrogen) atoms. The predicted molar refractivity (Wildman–Crippen MR) is 134 cm³/mol.